The number of nitrogens with zero attached hydrogens (tertiary/aromatic N) is 1. The first-order chi connectivity index (χ1) is 12.6. The zero-order valence-corrected chi connectivity index (χ0v) is 16.2. The van der Waals surface area contributed by atoms with Crippen LogP contribution in [0, 0.1) is 5.92 Å². The van der Waals surface area contributed by atoms with E-state index in [0.29, 0.717) is 31.5 Å². The Morgan fingerprint density at radius 3 is 2.42 bits per heavy atom. The Bertz CT molecular complexity index is 784. The molecule has 0 spiro atoms. The number of benzene rings is 2. The van der Waals surface area contributed by atoms with Gasteiger partial charge in [-0.25, -0.2) is 0 Å². The predicted octanol–water partition coefficient (Wildman–Crippen LogP) is 3.95. The fourth-order valence-corrected chi connectivity index (χ4v) is 3.47. The zero-order chi connectivity index (χ0) is 18.5. The number of rotatable bonds is 4. The Labute approximate surface area is 161 Å². The van der Waals surface area contributed by atoms with E-state index in [-0.39, 0.29) is 17.7 Å². The molecule has 0 atom stereocenters. The van der Waals surface area contributed by atoms with Gasteiger partial charge in [0.05, 0.1) is 7.11 Å². The van der Waals surface area contributed by atoms with Crippen molar-refractivity contribution < 1.29 is 14.3 Å². The Hall–Kier alpha value is -2.34. The van der Waals surface area contributed by atoms with Gasteiger partial charge in [0, 0.05) is 34.7 Å². The molecule has 1 fully saturated rings. The summed E-state index contributed by atoms with van der Waals surface area (Å²) in [6, 6.07) is 14.7. The fraction of sp³-hybridized carbons (Fsp3) is 0.300. The van der Waals surface area contributed by atoms with E-state index in [0.717, 1.165) is 15.9 Å². The van der Waals surface area contributed by atoms with Crippen LogP contribution in [0.3, 0.4) is 0 Å². The van der Waals surface area contributed by atoms with Gasteiger partial charge in [-0.1, -0.05) is 22.0 Å². The van der Waals surface area contributed by atoms with E-state index in [4.69, 9.17) is 4.74 Å². The summed E-state index contributed by atoms with van der Waals surface area (Å²) in [5.74, 6) is 0.663. The van der Waals surface area contributed by atoms with Gasteiger partial charge in [-0.15, -0.1) is 0 Å². The molecule has 0 bridgehead atoms. The van der Waals surface area contributed by atoms with Crippen molar-refractivity contribution in [3.63, 3.8) is 0 Å². The number of nitrogens with one attached hydrogen (secondary N) is 1. The second-order valence-electron chi connectivity index (χ2n) is 6.29. The predicted molar refractivity (Wildman–Crippen MR) is 104 cm³/mol. The molecule has 3 rings (SSSR count). The minimum atomic E-state index is -0.0751. The lowest BCUT2D eigenvalue weighted by molar-refractivity contribution is -0.121. The SMILES string of the molecule is COc1ccc(C(=O)N2CCC(C(=O)Nc3cccc(Br)c3)CC2)cc1. The van der Waals surface area contributed by atoms with E-state index in [1.165, 1.54) is 0 Å². The first-order valence-corrected chi connectivity index (χ1v) is 9.36. The highest BCUT2D eigenvalue weighted by atomic mass is 79.9. The number of carbonyl (C=O) groups excluding carboxylic acids is 2. The summed E-state index contributed by atoms with van der Waals surface area (Å²) in [5.41, 5.74) is 1.42. The van der Waals surface area contributed by atoms with E-state index in [2.05, 4.69) is 21.2 Å². The third-order valence-electron chi connectivity index (χ3n) is 4.58. The van der Waals surface area contributed by atoms with Gasteiger partial charge < -0.3 is 15.0 Å². The second-order valence-corrected chi connectivity index (χ2v) is 7.21. The molecule has 0 saturated carbocycles. The van der Waals surface area contributed by atoms with E-state index in [1.807, 2.05) is 29.2 Å². The molecule has 5 nitrogen and oxygen atoms in total. The number of halogens is 1. The van der Waals surface area contributed by atoms with Crippen LogP contribution in [0.2, 0.25) is 0 Å². The number of carbonyl (C=O) groups is 2. The Balaban J connectivity index is 1.54. The van der Waals surface area contributed by atoms with E-state index in [1.54, 1.807) is 31.4 Å². The van der Waals surface area contributed by atoms with Gasteiger partial charge in [0.25, 0.3) is 5.91 Å². The molecule has 26 heavy (non-hydrogen) atoms. The maximum absolute atomic E-state index is 12.6. The molecule has 1 aliphatic heterocycles. The van der Waals surface area contributed by atoms with Gasteiger partial charge in [0.15, 0.2) is 0 Å². The summed E-state index contributed by atoms with van der Waals surface area (Å²) < 4.78 is 6.04. The molecule has 1 N–H and O–H groups in total. The lowest BCUT2D eigenvalue weighted by Crippen LogP contribution is -2.41. The number of anilines is 1. The van der Waals surface area contributed by atoms with Crippen LogP contribution in [0.4, 0.5) is 5.69 Å². The maximum atomic E-state index is 12.6. The number of hydrogen-bond acceptors (Lipinski definition) is 3. The molecule has 1 heterocycles. The number of amides is 2. The van der Waals surface area contributed by atoms with Gasteiger partial charge in [0.1, 0.15) is 5.75 Å². The highest BCUT2D eigenvalue weighted by Crippen LogP contribution is 2.23. The highest BCUT2D eigenvalue weighted by Gasteiger charge is 2.27. The number of ether oxygens (including phenoxy) is 1. The molecule has 0 radical (unpaired) electrons. The van der Waals surface area contributed by atoms with Gasteiger partial charge in [-0.05, 0) is 55.3 Å². The molecular formula is C20H21BrN2O3. The van der Waals surface area contributed by atoms with Gasteiger partial charge >= 0.3 is 0 Å². The van der Waals surface area contributed by atoms with Crippen molar-refractivity contribution in [2.75, 3.05) is 25.5 Å². The van der Waals surface area contributed by atoms with Crippen LogP contribution in [0.25, 0.3) is 0 Å². The van der Waals surface area contributed by atoms with E-state index >= 15 is 0 Å². The van der Waals surface area contributed by atoms with Crippen molar-refractivity contribution in [1.29, 1.82) is 0 Å². The van der Waals surface area contributed by atoms with Gasteiger partial charge in [-0.3, -0.25) is 9.59 Å². The Morgan fingerprint density at radius 1 is 1.12 bits per heavy atom. The highest BCUT2D eigenvalue weighted by molar-refractivity contribution is 9.10. The van der Waals surface area contributed by atoms with Crippen LogP contribution in [0.5, 0.6) is 5.75 Å². The number of piperidine rings is 1. The van der Waals surface area contributed by atoms with Crippen LogP contribution in [0.15, 0.2) is 53.0 Å². The zero-order valence-electron chi connectivity index (χ0n) is 14.6. The molecule has 2 aromatic carbocycles. The summed E-state index contributed by atoms with van der Waals surface area (Å²) in [7, 11) is 1.60. The van der Waals surface area contributed by atoms with Crippen molar-refractivity contribution in [2.45, 2.75) is 12.8 Å². The molecule has 1 aliphatic rings. The molecular weight excluding hydrogens is 396 g/mol. The van der Waals surface area contributed by atoms with Gasteiger partial charge in [-0.2, -0.15) is 0 Å². The van der Waals surface area contributed by atoms with Crippen molar-refractivity contribution in [1.82, 2.24) is 4.90 Å². The number of hydrogen-bond donors (Lipinski definition) is 1. The van der Waals surface area contributed by atoms with Crippen LogP contribution in [0.1, 0.15) is 23.2 Å². The lowest BCUT2D eigenvalue weighted by Gasteiger charge is -2.31. The smallest absolute Gasteiger partial charge is 0.253 e. The summed E-state index contributed by atoms with van der Waals surface area (Å²) in [6.45, 7) is 1.17. The average Bonchev–Trinajstić information content (AvgIpc) is 2.67. The first kappa shape index (κ1) is 18.5. The summed E-state index contributed by atoms with van der Waals surface area (Å²) >= 11 is 3.40. The third kappa shape index (κ3) is 4.43. The van der Waals surface area contributed by atoms with Crippen molar-refractivity contribution in [3.05, 3.63) is 58.6 Å². The number of likely N-dealkylation sites (tertiary alicyclic amines) is 1. The molecule has 0 aromatic heterocycles. The fourth-order valence-electron chi connectivity index (χ4n) is 3.07. The molecule has 1 saturated heterocycles. The summed E-state index contributed by atoms with van der Waals surface area (Å²) in [4.78, 5) is 26.8. The standard InChI is InChI=1S/C20H21BrN2O3/c1-26-18-7-5-15(6-8-18)20(25)23-11-9-14(10-12-23)19(24)22-17-4-2-3-16(21)13-17/h2-8,13-14H,9-12H2,1H3,(H,22,24). The van der Waals surface area contributed by atoms with Gasteiger partial charge in [0.2, 0.25) is 5.91 Å². The molecule has 0 unspecified atom stereocenters. The van der Waals surface area contributed by atoms with E-state index in [9.17, 15) is 9.59 Å². The van der Waals surface area contributed by atoms with Crippen LogP contribution >= 0.6 is 15.9 Å². The maximum Gasteiger partial charge on any atom is 0.253 e. The first-order valence-electron chi connectivity index (χ1n) is 8.56. The monoisotopic (exact) mass is 416 g/mol. The molecule has 136 valence electrons. The third-order valence-corrected chi connectivity index (χ3v) is 5.08. The average molecular weight is 417 g/mol. The topological polar surface area (TPSA) is 58.6 Å². The minimum absolute atomic E-state index is 0.00139. The molecule has 0 aliphatic carbocycles. The van der Waals surface area contributed by atoms with Crippen molar-refractivity contribution in [3.8, 4) is 5.75 Å². The van der Waals surface area contributed by atoms with Crippen LogP contribution in [-0.4, -0.2) is 36.9 Å². The molecule has 2 aromatic rings. The van der Waals surface area contributed by atoms with Crippen molar-refractivity contribution in [2.24, 2.45) is 5.92 Å². The molecule has 6 heteroatoms. The van der Waals surface area contributed by atoms with Crippen LogP contribution < -0.4 is 10.1 Å². The Morgan fingerprint density at radius 2 is 1.81 bits per heavy atom. The quantitative estimate of drug-likeness (QED) is 0.820. The normalized spacial score (nSPS) is 14.8. The largest absolute Gasteiger partial charge is 0.497 e. The summed E-state index contributed by atoms with van der Waals surface area (Å²) in [6.07, 6.45) is 1.34. The van der Waals surface area contributed by atoms with Crippen LogP contribution in [-0.2, 0) is 4.79 Å². The number of methoxy groups -OCH3 is 1. The van der Waals surface area contributed by atoms with Crippen molar-refractivity contribution >= 4 is 33.4 Å². The minimum Gasteiger partial charge on any atom is -0.497 e. The lowest BCUT2D eigenvalue weighted by atomic mass is 9.95. The Kier molecular flexibility index (Phi) is 5.93. The molecule has 2 amide bonds. The summed E-state index contributed by atoms with van der Waals surface area (Å²) in [5, 5.41) is 2.95. The van der Waals surface area contributed by atoms with E-state index < -0.39 is 0 Å². The second kappa shape index (κ2) is 8.36.